The smallest absolute Gasteiger partial charge is 0.278 e. The van der Waals surface area contributed by atoms with Crippen LogP contribution in [0.25, 0.3) is 5.57 Å². The lowest BCUT2D eigenvalue weighted by Crippen LogP contribution is -2.38. The van der Waals surface area contributed by atoms with Crippen molar-refractivity contribution < 1.29 is 14.3 Å². The van der Waals surface area contributed by atoms with Gasteiger partial charge >= 0.3 is 0 Å². The highest BCUT2D eigenvalue weighted by molar-refractivity contribution is 6.37. The predicted octanol–water partition coefficient (Wildman–Crippen LogP) is 4.73. The second-order valence-electron chi connectivity index (χ2n) is 6.83. The number of carbonyl (C=O) groups excluding carboxylic acids is 2. The van der Waals surface area contributed by atoms with Crippen molar-refractivity contribution in [2.45, 2.75) is 33.2 Å². The van der Waals surface area contributed by atoms with E-state index >= 15 is 0 Å². The van der Waals surface area contributed by atoms with Gasteiger partial charge < -0.3 is 10.1 Å². The fourth-order valence-corrected chi connectivity index (χ4v) is 3.17. The highest BCUT2D eigenvalue weighted by atomic mass is 35.5. The topological polar surface area (TPSA) is 58.6 Å². The Bertz CT molecular complexity index is 920. The molecule has 0 atom stereocenters. The Morgan fingerprint density at radius 3 is 2.43 bits per heavy atom. The average Bonchev–Trinajstić information content (AvgIpc) is 2.91. The summed E-state index contributed by atoms with van der Waals surface area (Å²) in [5, 5.41) is 3.71. The Morgan fingerprint density at radius 2 is 1.79 bits per heavy atom. The SMILES string of the molecule is CCCOc1cccc(NC2=C(c3ccc(Cl)cc3)C(=O)N(C(C)C)C2=O)c1. The molecule has 1 aliphatic heterocycles. The number of carbonyl (C=O) groups is 2. The van der Waals surface area contributed by atoms with Crippen molar-refractivity contribution in [3.8, 4) is 5.75 Å². The van der Waals surface area contributed by atoms with Crippen LogP contribution in [0.2, 0.25) is 5.02 Å². The molecular formula is C22H23ClN2O3. The molecule has 6 heteroatoms. The number of imide groups is 1. The van der Waals surface area contributed by atoms with Gasteiger partial charge in [0, 0.05) is 22.8 Å². The number of hydrogen-bond acceptors (Lipinski definition) is 4. The summed E-state index contributed by atoms with van der Waals surface area (Å²) in [6.45, 7) is 6.28. The summed E-state index contributed by atoms with van der Waals surface area (Å²) < 4.78 is 5.66. The van der Waals surface area contributed by atoms with E-state index in [0.717, 1.165) is 6.42 Å². The summed E-state index contributed by atoms with van der Waals surface area (Å²) >= 11 is 5.98. The quantitative estimate of drug-likeness (QED) is 0.685. The molecular weight excluding hydrogens is 376 g/mol. The van der Waals surface area contributed by atoms with Crippen molar-refractivity contribution in [1.29, 1.82) is 0 Å². The van der Waals surface area contributed by atoms with Crippen LogP contribution in [0.5, 0.6) is 5.75 Å². The molecule has 0 radical (unpaired) electrons. The Hall–Kier alpha value is -2.79. The maximum Gasteiger partial charge on any atom is 0.278 e. The molecule has 0 saturated carbocycles. The molecule has 2 aromatic rings. The Balaban J connectivity index is 2.01. The largest absolute Gasteiger partial charge is 0.494 e. The molecule has 1 N–H and O–H groups in total. The lowest BCUT2D eigenvalue weighted by Gasteiger charge is -2.19. The molecule has 2 aromatic carbocycles. The first-order valence-corrected chi connectivity index (χ1v) is 9.68. The van der Waals surface area contributed by atoms with E-state index in [1.165, 1.54) is 4.90 Å². The molecule has 0 unspecified atom stereocenters. The monoisotopic (exact) mass is 398 g/mol. The fourth-order valence-electron chi connectivity index (χ4n) is 3.04. The molecule has 146 valence electrons. The molecule has 0 fully saturated rings. The Kier molecular flexibility index (Phi) is 6.05. The molecule has 3 rings (SSSR count). The number of nitrogens with one attached hydrogen (secondary N) is 1. The van der Waals surface area contributed by atoms with Gasteiger partial charge in [0.1, 0.15) is 11.4 Å². The highest BCUT2D eigenvalue weighted by Crippen LogP contribution is 2.32. The van der Waals surface area contributed by atoms with Crippen LogP contribution in [0.3, 0.4) is 0 Å². The molecule has 5 nitrogen and oxygen atoms in total. The molecule has 0 spiro atoms. The second kappa shape index (κ2) is 8.48. The van der Waals surface area contributed by atoms with Crippen molar-refractivity contribution in [2.75, 3.05) is 11.9 Å². The van der Waals surface area contributed by atoms with Crippen molar-refractivity contribution in [3.05, 3.63) is 64.8 Å². The maximum atomic E-state index is 13.0. The number of halogens is 1. The van der Waals surface area contributed by atoms with Crippen LogP contribution >= 0.6 is 11.6 Å². The molecule has 0 saturated heterocycles. The third-order valence-corrected chi connectivity index (χ3v) is 4.59. The fraction of sp³-hybridized carbons (Fsp3) is 0.273. The standard InChI is InChI=1S/C22H23ClN2O3/c1-4-12-28-18-7-5-6-17(13-18)24-20-19(15-8-10-16(23)11-9-15)21(26)25(14(2)3)22(20)27/h5-11,13-14,24H,4,12H2,1-3H3. The number of nitrogens with zero attached hydrogens (tertiary/aromatic N) is 1. The lowest BCUT2D eigenvalue weighted by molar-refractivity contribution is -0.138. The Morgan fingerprint density at radius 1 is 1.07 bits per heavy atom. The van der Waals surface area contributed by atoms with Crippen molar-refractivity contribution in [1.82, 2.24) is 4.90 Å². The van der Waals surface area contributed by atoms with E-state index in [-0.39, 0.29) is 23.6 Å². The van der Waals surface area contributed by atoms with E-state index in [4.69, 9.17) is 16.3 Å². The number of rotatable bonds is 7. The molecule has 1 aliphatic rings. The summed E-state index contributed by atoms with van der Waals surface area (Å²) in [4.78, 5) is 27.3. The van der Waals surface area contributed by atoms with Crippen LogP contribution in [0.1, 0.15) is 32.8 Å². The molecule has 0 bridgehead atoms. The van der Waals surface area contributed by atoms with Crippen LogP contribution < -0.4 is 10.1 Å². The van der Waals surface area contributed by atoms with Gasteiger partial charge in [0.2, 0.25) is 0 Å². The van der Waals surface area contributed by atoms with Gasteiger partial charge in [0.05, 0.1) is 12.2 Å². The van der Waals surface area contributed by atoms with Crippen LogP contribution in [0.15, 0.2) is 54.2 Å². The summed E-state index contributed by atoms with van der Waals surface area (Å²) in [5.41, 5.74) is 1.93. The molecule has 0 aliphatic carbocycles. The van der Waals surface area contributed by atoms with Gasteiger partial charge in [-0.2, -0.15) is 0 Å². The first-order chi connectivity index (χ1) is 13.4. The van der Waals surface area contributed by atoms with Gasteiger partial charge in [-0.25, -0.2) is 0 Å². The van der Waals surface area contributed by atoms with Crippen LogP contribution in [0, 0.1) is 0 Å². The normalized spacial score (nSPS) is 14.2. The average molecular weight is 399 g/mol. The zero-order valence-electron chi connectivity index (χ0n) is 16.2. The first kappa shape index (κ1) is 20.0. The van der Waals surface area contributed by atoms with Crippen LogP contribution in [0.4, 0.5) is 5.69 Å². The summed E-state index contributed by atoms with van der Waals surface area (Å²) in [7, 11) is 0. The van der Waals surface area contributed by atoms with Gasteiger partial charge in [0.25, 0.3) is 11.8 Å². The van der Waals surface area contributed by atoms with E-state index in [2.05, 4.69) is 5.32 Å². The van der Waals surface area contributed by atoms with Crippen molar-refractivity contribution >= 4 is 34.7 Å². The molecule has 0 aromatic heterocycles. The number of ether oxygens (including phenoxy) is 1. The van der Waals surface area contributed by atoms with Gasteiger partial charge in [-0.1, -0.05) is 36.7 Å². The Labute approximate surface area is 169 Å². The number of amides is 2. The number of anilines is 1. The highest BCUT2D eigenvalue weighted by Gasteiger charge is 2.40. The van der Waals surface area contributed by atoms with Crippen LogP contribution in [-0.4, -0.2) is 29.4 Å². The number of hydrogen-bond donors (Lipinski definition) is 1. The zero-order chi connectivity index (χ0) is 20.3. The van der Waals surface area contributed by atoms with E-state index in [9.17, 15) is 9.59 Å². The van der Waals surface area contributed by atoms with Gasteiger partial charge in [0.15, 0.2) is 0 Å². The second-order valence-corrected chi connectivity index (χ2v) is 7.27. The van der Waals surface area contributed by atoms with E-state index in [1.54, 1.807) is 24.3 Å². The summed E-state index contributed by atoms with van der Waals surface area (Å²) in [5.74, 6) is 0.0472. The number of benzene rings is 2. The van der Waals surface area contributed by atoms with E-state index < -0.39 is 0 Å². The minimum absolute atomic E-state index is 0.249. The van der Waals surface area contributed by atoms with Gasteiger partial charge in [-0.3, -0.25) is 14.5 Å². The minimum Gasteiger partial charge on any atom is -0.494 e. The molecule has 1 heterocycles. The summed E-state index contributed by atoms with van der Waals surface area (Å²) in [6, 6.07) is 14.0. The summed E-state index contributed by atoms with van der Waals surface area (Å²) in [6.07, 6.45) is 0.903. The minimum atomic E-state index is -0.343. The lowest BCUT2D eigenvalue weighted by atomic mass is 10.0. The van der Waals surface area contributed by atoms with Gasteiger partial charge in [-0.15, -0.1) is 0 Å². The van der Waals surface area contributed by atoms with E-state index in [0.29, 0.717) is 34.2 Å². The van der Waals surface area contributed by atoms with Crippen LogP contribution in [-0.2, 0) is 9.59 Å². The molecule has 2 amide bonds. The third kappa shape index (κ3) is 4.04. The van der Waals surface area contributed by atoms with Crippen molar-refractivity contribution in [2.24, 2.45) is 0 Å². The van der Waals surface area contributed by atoms with Gasteiger partial charge in [-0.05, 0) is 50.1 Å². The zero-order valence-corrected chi connectivity index (χ0v) is 16.9. The molecule has 28 heavy (non-hydrogen) atoms. The third-order valence-electron chi connectivity index (χ3n) is 4.34. The first-order valence-electron chi connectivity index (χ1n) is 9.30. The maximum absolute atomic E-state index is 13.0. The van der Waals surface area contributed by atoms with Crippen molar-refractivity contribution in [3.63, 3.8) is 0 Å². The predicted molar refractivity (Wildman–Crippen MR) is 111 cm³/mol. The van der Waals surface area contributed by atoms with E-state index in [1.807, 2.05) is 45.0 Å².